The van der Waals surface area contributed by atoms with Gasteiger partial charge in [0.1, 0.15) is 6.35 Å². The number of esters is 1. The van der Waals surface area contributed by atoms with Crippen LogP contribution in [0.15, 0.2) is 0 Å². The number of nitrogens with one attached hydrogen (secondary N) is 1. The van der Waals surface area contributed by atoms with Crippen molar-refractivity contribution in [1.82, 2.24) is 5.32 Å². The smallest absolute Gasteiger partial charge is 0.408 e. The molecule has 0 bridgehead atoms. The van der Waals surface area contributed by atoms with Gasteiger partial charge in [-0.1, -0.05) is 21.4 Å². The molecule has 16 heavy (non-hydrogen) atoms. The van der Waals surface area contributed by atoms with Crippen LogP contribution >= 0.6 is 8.20 Å². The average molecular weight is 245 g/mol. The van der Waals surface area contributed by atoms with E-state index in [1.807, 2.05) is 6.92 Å². The lowest BCUT2D eigenvalue weighted by Gasteiger charge is -2.04. The Labute approximate surface area is 96.3 Å². The van der Waals surface area contributed by atoms with E-state index in [0.717, 1.165) is 14.6 Å². The Morgan fingerprint density at radius 1 is 1.50 bits per heavy atom. The fourth-order valence-corrected chi connectivity index (χ4v) is 1.43. The maximum Gasteiger partial charge on any atom is 0.408 e. The molecule has 5 nitrogen and oxygen atoms in total. The summed E-state index contributed by atoms with van der Waals surface area (Å²) < 4.78 is 9.74. The van der Waals surface area contributed by atoms with Gasteiger partial charge in [0.25, 0.3) is 0 Å². The van der Waals surface area contributed by atoms with Crippen LogP contribution in [0.4, 0.5) is 4.79 Å². The second-order valence-electron chi connectivity index (χ2n) is 3.55. The summed E-state index contributed by atoms with van der Waals surface area (Å²) >= 11 is 0. The molecular weight excluding hydrogens is 229 g/mol. The van der Waals surface area contributed by atoms with Crippen LogP contribution in [0.3, 0.4) is 0 Å². The lowest BCUT2D eigenvalue weighted by molar-refractivity contribution is -0.145. The van der Waals surface area contributed by atoms with Gasteiger partial charge in [-0.15, -0.1) is 0 Å². The molecule has 1 amide bonds. The van der Waals surface area contributed by atoms with Crippen molar-refractivity contribution < 1.29 is 19.1 Å². The van der Waals surface area contributed by atoms with Crippen molar-refractivity contribution in [3.8, 4) is 0 Å². The maximum absolute atomic E-state index is 11.3. The van der Waals surface area contributed by atoms with E-state index in [2.05, 4.69) is 11.6 Å². The van der Waals surface area contributed by atoms with Crippen LogP contribution in [-0.2, 0) is 14.3 Å². The van der Waals surface area contributed by atoms with Crippen LogP contribution in [0.1, 0.15) is 19.8 Å². The van der Waals surface area contributed by atoms with Crippen LogP contribution in [0.2, 0.25) is 0 Å². The topological polar surface area (TPSA) is 64.6 Å². The number of rotatable bonds is 6. The third-order valence-electron chi connectivity index (χ3n) is 2.13. The summed E-state index contributed by atoms with van der Waals surface area (Å²) in [5.74, 6) is -0.432. The Bertz CT molecular complexity index is 282. The molecule has 1 saturated carbocycles. The Morgan fingerprint density at radius 2 is 2.25 bits per heavy atom. The number of hydrogen-bond donors (Lipinski definition) is 1. The van der Waals surface area contributed by atoms with Crippen molar-refractivity contribution in [2.75, 3.05) is 13.0 Å². The molecule has 2 atom stereocenters. The monoisotopic (exact) mass is 245 g/mol. The van der Waals surface area contributed by atoms with E-state index < -0.39 is 6.09 Å². The first-order chi connectivity index (χ1) is 7.69. The molecule has 0 radical (unpaired) electrons. The Hall–Kier alpha value is -1.09. The molecule has 1 aliphatic carbocycles. The number of alkyl carbamates (subject to hydrolysis) is 1. The molecule has 1 N–H and O–H groups in total. The molecule has 0 spiro atoms. The van der Waals surface area contributed by atoms with E-state index in [1.54, 1.807) is 0 Å². The number of amides is 1. The van der Waals surface area contributed by atoms with Crippen LogP contribution in [0.25, 0.3) is 0 Å². The molecule has 0 aliphatic heterocycles. The van der Waals surface area contributed by atoms with Crippen LogP contribution < -0.4 is 5.32 Å². The largest absolute Gasteiger partial charge is 0.465 e. The highest BCUT2D eigenvalue weighted by Crippen LogP contribution is 2.31. The average Bonchev–Trinajstić information content (AvgIpc) is 3.02. The van der Waals surface area contributed by atoms with Crippen molar-refractivity contribution in [2.45, 2.75) is 25.8 Å². The second kappa shape index (κ2) is 6.48. The fourth-order valence-electron chi connectivity index (χ4n) is 1.22. The van der Waals surface area contributed by atoms with E-state index in [9.17, 15) is 9.59 Å². The van der Waals surface area contributed by atoms with Gasteiger partial charge >= 0.3 is 12.1 Å². The van der Waals surface area contributed by atoms with E-state index in [1.165, 1.54) is 0 Å². The summed E-state index contributed by atoms with van der Waals surface area (Å²) in [6.45, 7) is 2.37. The molecule has 1 fully saturated rings. The molecule has 1 rings (SSSR count). The quantitative estimate of drug-likeness (QED) is 0.567. The van der Waals surface area contributed by atoms with Crippen LogP contribution in [0.5, 0.6) is 0 Å². The highest BCUT2D eigenvalue weighted by Gasteiger charge is 2.45. The molecule has 6 heteroatoms. The van der Waals surface area contributed by atoms with Crippen molar-refractivity contribution in [3.63, 3.8) is 0 Å². The molecule has 0 heterocycles. The number of ether oxygens (including phenoxy) is 2. The first-order valence-corrected chi connectivity index (χ1v) is 6.48. The number of carbonyl (C=O) groups excluding carboxylic acids is 2. The van der Waals surface area contributed by atoms with E-state index in [-0.39, 0.29) is 24.3 Å². The normalized spacial score (nSPS) is 22.6. The van der Waals surface area contributed by atoms with Gasteiger partial charge in [0.05, 0.1) is 12.5 Å². The summed E-state index contributed by atoms with van der Waals surface area (Å²) in [5.41, 5.74) is 0. The van der Waals surface area contributed by atoms with Crippen LogP contribution in [0, 0.1) is 5.92 Å². The molecule has 0 aromatic rings. The second-order valence-corrected chi connectivity index (χ2v) is 4.25. The third-order valence-corrected chi connectivity index (χ3v) is 2.44. The van der Waals surface area contributed by atoms with Crippen molar-refractivity contribution >= 4 is 26.6 Å². The minimum atomic E-state index is -0.494. The van der Waals surface area contributed by atoms with Gasteiger partial charge in [-0.25, -0.2) is 4.79 Å². The van der Waals surface area contributed by atoms with Gasteiger partial charge in [-0.2, -0.15) is 0 Å². The van der Waals surface area contributed by atoms with Crippen LogP contribution in [-0.4, -0.2) is 37.4 Å². The predicted molar refractivity (Wildman–Crippen MR) is 61.7 cm³/mol. The molecule has 90 valence electrons. The first kappa shape index (κ1) is 13.0. The predicted octanol–water partition coefficient (Wildman–Crippen LogP) is 1.39. The minimum absolute atomic E-state index is 0.127. The van der Waals surface area contributed by atoms with E-state index in [0.29, 0.717) is 13.0 Å². The molecule has 0 aromatic heterocycles. The van der Waals surface area contributed by atoms with E-state index in [4.69, 9.17) is 9.47 Å². The Kier molecular flexibility index (Phi) is 5.26. The third kappa shape index (κ3) is 4.19. The zero-order valence-electron chi connectivity index (χ0n) is 9.27. The highest BCUT2D eigenvalue weighted by molar-refractivity contribution is 7.36. The molecule has 0 saturated heterocycles. The number of hydrogen-bond acceptors (Lipinski definition) is 4. The van der Waals surface area contributed by atoms with Gasteiger partial charge < -0.3 is 14.8 Å². The van der Waals surface area contributed by atoms with Gasteiger partial charge in [-0.3, -0.25) is 4.79 Å². The van der Waals surface area contributed by atoms with Gasteiger partial charge in [0.15, 0.2) is 0 Å². The molecule has 1 aliphatic rings. The first-order valence-electron chi connectivity index (χ1n) is 5.21. The summed E-state index contributed by atoms with van der Waals surface area (Å²) in [5, 5.41) is 2.60. The zero-order valence-corrected chi connectivity index (χ0v) is 10.2. The summed E-state index contributed by atoms with van der Waals surface area (Å²) in [6, 6.07) is -0.127. The fraction of sp³-hybridized carbons (Fsp3) is 0.700. The Morgan fingerprint density at radius 3 is 2.88 bits per heavy atom. The summed E-state index contributed by atoms with van der Waals surface area (Å²) in [7, 11) is 0.751. The van der Waals surface area contributed by atoms with Gasteiger partial charge in [-0.05, 0) is 12.8 Å². The summed E-state index contributed by atoms with van der Waals surface area (Å²) in [6.07, 6.45) is 4.74. The lowest BCUT2D eigenvalue weighted by atomic mass is 10.4. The zero-order chi connectivity index (χ0) is 12.0. The summed E-state index contributed by atoms with van der Waals surface area (Å²) in [4.78, 5) is 22.5. The van der Waals surface area contributed by atoms with Gasteiger partial charge in [0.2, 0.25) is 0 Å². The van der Waals surface area contributed by atoms with Gasteiger partial charge in [0, 0.05) is 6.04 Å². The SMILES string of the molecule is C=PCOC(=O)N[C@@H]1CC1C(=O)OCCC. The van der Waals surface area contributed by atoms with Crippen molar-refractivity contribution in [1.29, 1.82) is 0 Å². The maximum atomic E-state index is 11.3. The number of carbonyl (C=O) groups is 2. The molecular formula is C10H16NO4P. The van der Waals surface area contributed by atoms with Crippen molar-refractivity contribution in [2.24, 2.45) is 5.92 Å². The molecule has 1 unspecified atom stereocenters. The minimum Gasteiger partial charge on any atom is -0.465 e. The highest BCUT2D eigenvalue weighted by atomic mass is 31.1. The Balaban J connectivity index is 2.16. The standard InChI is InChI=1S/C10H16NO4P/c1-3-4-14-9(12)7-5-8(7)11-10(13)15-6-16-2/h7-8H,2-6H2,1H3,(H,11,13)/t7?,8-/m1/s1. The molecule has 0 aromatic carbocycles. The van der Waals surface area contributed by atoms with Crippen molar-refractivity contribution in [3.05, 3.63) is 0 Å². The van der Waals surface area contributed by atoms with E-state index >= 15 is 0 Å². The lowest BCUT2D eigenvalue weighted by Crippen LogP contribution is -2.29.